The second-order valence-corrected chi connectivity index (χ2v) is 2.87. The molecule has 0 atom stereocenters. The summed E-state index contributed by atoms with van der Waals surface area (Å²) in [6.07, 6.45) is 0. The molecule has 0 bridgehead atoms. The van der Waals surface area contributed by atoms with Gasteiger partial charge in [-0.25, -0.2) is 0 Å². The van der Waals surface area contributed by atoms with E-state index in [2.05, 4.69) is 22.8 Å². The van der Waals surface area contributed by atoms with Crippen LogP contribution in [0.25, 0.3) is 0 Å². The first kappa shape index (κ1) is 12.4. The smallest absolute Gasteiger partial charge is 0.0866 e. The van der Waals surface area contributed by atoms with E-state index in [1.807, 2.05) is 13.8 Å². The molecule has 13 heavy (non-hydrogen) atoms. The largest absolute Gasteiger partial charge is 0.301 e. The van der Waals surface area contributed by atoms with E-state index in [1.54, 1.807) is 0 Å². The standard InChI is InChI=1S/C8H15N3.C2H6/c1-2-10-5-7-11(4-3-9)8-6-10;1-2/h2,4-8H2,1H3;1-2H3. The normalized spacial score (nSPS) is 18.6. The van der Waals surface area contributed by atoms with Gasteiger partial charge in [0.1, 0.15) is 0 Å². The summed E-state index contributed by atoms with van der Waals surface area (Å²) in [6.45, 7) is 12.3. The van der Waals surface area contributed by atoms with Crippen LogP contribution in [-0.2, 0) is 0 Å². The van der Waals surface area contributed by atoms with Crippen LogP contribution < -0.4 is 0 Å². The molecular weight excluding hydrogens is 162 g/mol. The molecule has 1 fully saturated rings. The van der Waals surface area contributed by atoms with Gasteiger partial charge in [-0.3, -0.25) is 4.90 Å². The van der Waals surface area contributed by atoms with E-state index in [1.165, 1.54) is 0 Å². The quantitative estimate of drug-likeness (QED) is 0.602. The fourth-order valence-corrected chi connectivity index (χ4v) is 1.36. The molecule has 0 aromatic rings. The first-order valence-electron chi connectivity index (χ1n) is 5.18. The van der Waals surface area contributed by atoms with Gasteiger partial charge in [-0.05, 0) is 6.54 Å². The van der Waals surface area contributed by atoms with Gasteiger partial charge >= 0.3 is 0 Å². The van der Waals surface area contributed by atoms with Crippen molar-refractivity contribution in [3.05, 3.63) is 0 Å². The van der Waals surface area contributed by atoms with Gasteiger partial charge in [-0.1, -0.05) is 20.8 Å². The first-order valence-corrected chi connectivity index (χ1v) is 5.18. The summed E-state index contributed by atoms with van der Waals surface area (Å²) in [7, 11) is 0. The van der Waals surface area contributed by atoms with E-state index in [0.717, 1.165) is 32.7 Å². The van der Waals surface area contributed by atoms with Crippen molar-refractivity contribution in [1.82, 2.24) is 9.80 Å². The lowest BCUT2D eigenvalue weighted by atomic mass is 10.3. The van der Waals surface area contributed by atoms with E-state index < -0.39 is 0 Å². The Morgan fingerprint density at radius 3 is 1.92 bits per heavy atom. The summed E-state index contributed by atoms with van der Waals surface area (Å²) in [4.78, 5) is 4.61. The van der Waals surface area contributed by atoms with Crippen molar-refractivity contribution in [3.63, 3.8) is 0 Å². The van der Waals surface area contributed by atoms with Gasteiger partial charge in [0, 0.05) is 26.2 Å². The molecule has 1 saturated heterocycles. The molecule has 3 heteroatoms. The Kier molecular flexibility index (Phi) is 7.66. The molecule has 0 saturated carbocycles. The monoisotopic (exact) mass is 183 g/mol. The van der Waals surface area contributed by atoms with E-state index in [9.17, 15) is 0 Å². The molecule has 0 aromatic carbocycles. The third-order valence-electron chi connectivity index (χ3n) is 2.21. The Hall–Kier alpha value is -0.590. The predicted molar refractivity (Wildman–Crippen MR) is 55.5 cm³/mol. The SMILES string of the molecule is CC.CCN1CCN(CC#N)CC1. The van der Waals surface area contributed by atoms with Crippen molar-refractivity contribution in [1.29, 1.82) is 5.26 Å². The molecule has 1 heterocycles. The summed E-state index contributed by atoms with van der Waals surface area (Å²) in [5, 5.41) is 8.44. The molecule has 0 aliphatic carbocycles. The molecule has 3 nitrogen and oxygen atoms in total. The molecule has 0 radical (unpaired) electrons. The molecule has 1 aliphatic rings. The maximum Gasteiger partial charge on any atom is 0.0866 e. The van der Waals surface area contributed by atoms with Gasteiger partial charge in [-0.2, -0.15) is 5.26 Å². The number of nitrogens with zero attached hydrogens (tertiary/aromatic N) is 3. The Labute approximate surface area is 81.9 Å². The van der Waals surface area contributed by atoms with Crippen molar-refractivity contribution in [2.45, 2.75) is 20.8 Å². The first-order chi connectivity index (χ1) is 6.36. The zero-order valence-electron chi connectivity index (χ0n) is 9.08. The summed E-state index contributed by atoms with van der Waals surface area (Å²) < 4.78 is 0. The number of nitriles is 1. The Balaban J connectivity index is 0.000000671. The van der Waals surface area contributed by atoms with Crippen LogP contribution in [-0.4, -0.2) is 49.1 Å². The van der Waals surface area contributed by atoms with E-state index in [4.69, 9.17) is 5.26 Å². The van der Waals surface area contributed by atoms with Crippen molar-refractivity contribution in [3.8, 4) is 6.07 Å². The van der Waals surface area contributed by atoms with Crippen LogP contribution in [0.1, 0.15) is 20.8 Å². The highest BCUT2D eigenvalue weighted by atomic mass is 15.2. The van der Waals surface area contributed by atoms with Crippen LogP contribution in [0.15, 0.2) is 0 Å². The molecule has 76 valence electrons. The fraction of sp³-hybridized carbons (Fsp3) is 0.900. The van der Waals surface area contributed by atoms with E-state index >= 15 is 0 Å². The number of rotatable bonds is 2. The molecule has 0 amide bonds. The zero-order valence-corrected chi connectivity index (χ0v) is 9.08. The predicted octanol–water partition coefficient (Wildman–Crippen LogP) is 1.17. The summed E-state index contributed by atoms with van der Waals surface area (Å²) >= 11 is 0. The minimum Gasteiger partial charge on any atom is -0.301 e. The van der Waals surface area contributed by atoms with Gasteiger partial charge in [-0.15, -0.1) is 0 Å². The summed E-state index contributed by atoms with van der Waals surface area (Å²) in [6, 6.07) is 2.18. The molecule has 0 N–H and O–H groups in total. The van der Waals surface area contributed by atoms with Crippen LogP contribution in [0.5, 0.6) is 0 Å². The maximum absolute atomic E-state index is 8.44. The van der Waals surface area contributed by atoms with Gasteiger partial charge in [0.2, 0.25) is 0 Å². The third kappa shape index (κ3) is 4.87. The Morgan fingerprint density at radius 1 is 1.08 bits per heavy atom. The highest BCUT2D eigenvalue weighted by Crippen LogP contribution is 1.99. The third-order valence-corrected chi connectivity index (χ3v) is 2.21. The number of hydrogen-bond donors (Lipinski definition) is 0. The molecular formula is C10H21N3. The van der Waals surface area contributed by atoms with Crippen LogP contribution in [0.3, 0.4) is 0 Å². The number of likely N-dealkylation sites (N-methyl/N-ethyl adjacent to an activating group) is 1. The molecule has 1 rings (SSSR count). The lowest BCUT2D eigenvalue weighted by Gasteiger charge is -2.32. The van der Waals surface area contributed by atoms with Crippen molar-refractivity contribution in [2.24, 2.45) is 0 Å². The highest BCUT2D eigenvalue weighted by molar-refractivity contribution is 4.80. The average molecular weight is 183 g/mol. The summed E-state index contributed by atoms with van der Waals surface area (Å²) in [5.41, 5.74) is 0. The van der Waals surface area contributed by atoms with Gasteiger partial charge in [0.15, 0.2) is 0 Å². The Morgan fingerprint density at radius 2 is 1.54 bits per heavy atom. The second-order valence-electron chi connectivity index (χ2n) is 2.87. The highest BCUT2D eigenvalue weighted by Gasteiger charge is 2.13. The lowest BCUT2D eigenvalue weighted by molar-refractivity contribution is 0.149. The number of piperazine rings is 1. The second kappa shape index (κ2) is 8.03. The maximum atomic E-state index is 8.44. The van der Waals surface area contributed by atoms with Gasteiger partial charge in [0.25, 0.3) is 0 Å². The number of hydrogen-bond acceptors (Lipinski definition) is 3. The van der Waals surface area contributed by atoms with E-state index in [0.29, 0.717) is 6.54 Å². The van der Waals surface area contributed by atoms with Crippen LogP contribution in [0.2, 0.25) is 0 Å². The zero-order chi connectivity index (χ0) is 10.1. The average Bonchev–Trinajstić information content (AvgIpc) is 2.23. The molecule has 0 spiro atoms. The minimum atomic E-state index is 0.595. The Bertz CT molecular complexity index is 143. The fourth-order valence-electron chi connectivity index (χ4n) is 1.36. The van der Waals surface area contributed by atoms with Crippen molar-refractivity contribution in [2.75, 3.05) is 39.3 Å². The molecule has 0 aromatic heterocycles. The van der Waals surface area contributed by atoms with Crippen LogP contribution in [0, 0.1) is 11.3 Å². The van der Waals surface area contributed by atoms with Crippen molar-refractivity contribution < 1.29 is 0 Å². The minimum absolute atomic E-state index is 0.595. The topological polar surface area (TPSA) is 30.3 Å². The van der Waals surface area contributed by atoms with Crippen LogP contribution in [0.4, 0.5) is 0 Å². The van der Waals surface area contributed by atoms with Crippen molar-refractivity contribution >= 4 is 0 Å². The lowest BCUT2D eigenvalue weighted by Crippen LogP contribution is -2.46. The van der Waals surface area contributed by atoms with Gasteiger partial charge < -0.3 is 4.90 Å². The molecule has 1 aliphatic heterocycles. The van der Waals surface area contributed by atoms with Gasteiger partial charge in [0.05, 0.1) is 12.6 Å². The van der Waals surface area contributed by atoms with Crippen LogP contribution >= 0.6 is 0 Å². The summed E-state index contributed by atoms with van der Waals surface area (Å²) in [5.74, 6) is 0. The molecule has 0 unspecified atom stereocenters. The van der Waals surface area contributed by atoms with E-state index in [-0.39, 0.29) is 0 Å².